The summed E-state index contributed by atoms with van der Waals surface area (Å²) in [6, 6.07) is 20.8. The summed E-state index contributed by atoms with van der Waals surface area (Å²) in [6.07, 6.45) is 2.92. The van der Waals surface area contributed by atoms with Gasteiger partial charge in [-0.2, -0.15) is 0 Å². The van der Waals surface area contributed by atoms with Gasteiger partial charge in [0, 0.05) is 29.1 Å². The Morgan fingerprint density at radius 3 is 2.77 bits per heavy atom. The highest BCUT2D eigenvalue weighted by Gasteiger charge is 2.19. The summed E-state index contributed by atoms with van der Waals surface area (Å²) in [7, 11) is 0. The molecule has 0 saturated carbocycles. The van der Waals surface area contributed by atoms with Crippen LogP contribution in [0.4, 0.5) is 11.5 Å². The van der Waals surface area contributed by atoms with Gasteiger partial charge in [-0.1, -0.05) is 41.6 Å². The van der Waals surface area contributed by atoms with E-state index < -0.39 is 6.10 Å². The molecule has 1 fully saturated rings. The quantitative estimate of drug-likeness (QED) is 0.323. The molecule has 5 rings (SSSR count). The first-order chi connectivity index (χ1) is 17.2. The van der Waals surface area contributed by atoms with Gasteiger partial charge in [0.05, 0.1) is 10.5 Å². The molecule has 2 heterocycles. The zero-order valence-corrected chi connectivity index (χ0v) is 19.8. The van der Waals surface area contributed by atoms with Gasteiger partial charge in [-0.05, 0) is 67.9 Å². The van der Waals surface area contributed by atoms with Gasteiger partial charge in [0.1, 0.15) is 29.7 Å². The van der Waals surface area contributed by atoms with Crippen LogP contribution in [0.2, 0.25) is 5.02 Å². The minimum absolute atomic E-state index is 0.163. The van der Waals surface area contributed by atoms with Crippen molar-refractivity contribution >= 4 is 34.0 Å². The van der Waals surface area contributed by atoms with Crippen molar-refractivity contribution in [2.24, 2.45) is 5.92 Å². The Morgan fingerprint density at radius 2 is 1.97 bits per heavy atom. The minimum atomic E-state index is -0.651. The zero-order chi connectivity index (χ0) is 24.0. The second kappa shape index (κ2) is 10.7. The predicted octanol–water partition coefficient (Wildman–Crippen LogP) is 5.53. The average Bonchev–Trinajstić information content (AvgIpc) is 2.90. The monoisotopic (exact) mass is 484 g/mol. The van der Waals surface area contributed by atoms with E-state index in [1.54, 1.807) is 6.07 Å². The topological polar surface area (TPSA) is 79.3 Å². The highest BCUT2D eigenvalue weighted by molar-refractivity contribution is 6.32. The van der Waals surface area contributed by atoms with Crippen LogP contribution >= 0.6 is 11.6 Å². The molecule has 1 aliphatic heterocycles. The van der Waals surface area contributed by atoms with Crippen molar-refractivity contribution in [2.45, 2.75) is 18.9 Å². The first kappa shape index (κ1) is 23.1. The molecule has 3 N–H and O–H groups in total. The fourth-order valence-corrected chi connectivity index (χ4v) is 4.29. The van der Waals surface area contributed by atoms with E-state index in [-0.39, 0.29) is 5.92 Å². The molecule has 2 atom stereocenters. The maximum atomic E-state index is 10.5. The van der Waals surface area contributed by atoms with Gasteiger partial charge in [0.15, 0.2) is 0 Å². The van der Waals surface area contributed by atoms with E-state index in [1.807, 2.05) is 60.7 Å². The molecule has 1 aliphatic rings. The number of nitrogens with one attached hydrogen (secondary N) is 2. The average molecular weight is 485 g/mol. The van der Waals surface area contributed by atoms with Gasteiger partial charge in [0.25, 0.3) is 0 Å². The van der Waals surface area contributed by atoms with Crippen molar-refractivity contribution < 1.29 is 9.84 Å². The van der Waals surface area contributed by atoms with Crippen LogP contribution in [0.5, 0.6) is 11.5 Å². The van der Waals surface area contributed by atoms with Crippen LogP contribution in [0.1, 0.15) is 18.4 Å². The van der Waals surface area contributed by atoms with E-state index in [9.17, 15) is 5.11 Å². The predicted molar refractivity (Wildman–Crippen MR) is 139 cm³/mol. The number of aromatic nitrogens is 2. The van der Waals surface area contributed by atoms with Crippen LogP contribution in [-0.4, -0.2) is 34.3 Å². The van der Waals surface area contributed by atoms with E-state index in [1.165, 1.54) is 6.33 Å². The number of piperidine rings is 1. The number of para-hydroxylation sites is 1. The van der Waals surface area contributed by atoms with Gasteiger partial charge in [-0.25, -0.2) is 9.97 Å². The van der Waals surface area contributed by atoms with Gasteiger partial charge in [-0.3, -0.25) is 0 Å². The van der Waals surface area contributed by atoms with Gasteiger partial charge < -0.3 is 20.5 Å². The van der Waals surface area contributed by atoms with E-state index in [4.69, 9.17) is 16.3 Å². The van der Waals surface area contributed by atoms with Crippen molar-refractivity contribution in [3.63, 3.8) is 0 Å². The summed E-state index contributed by atoms with van der Waals surface area (Å²) >= 11 is 6.48. The van der Waals surface area contributed by atoms with E-state index >= 15 is 0 Å². The Morgan fingerprint density at radius 1 is 1.09 bits per heavy atom. The van der Waals surface area contributed by atoms with Gasteiger partial charge in [0.2, 0.25) is 0 Å². The smallest absolute Gasteiger partial charge is 0.146 e. The molecule has 1 aromatic heterocycles. The fourth-order valence-electron chi connectivity index (χ4n) is 4.07. The zero-order valence-electron chi connectivity index (χ0n) is 19.0. The minimum Gasteiger partial charge on any atom is -0.456 e. The third-order valence-corrected chi connectivity index (χ3v) is 6.24. The standard InChI is InChI=1S/C28H25ClN4O2/c29-24-16-21(10-13-27(24)35-22-6-2-1-3-7-22)33-28-23-15-19(8-11-25(23)31-18-32-28)9-12-26(34)20-5-4-14-30-17-20/h1-3,6-8,10-11,13,15-16,18,20,26,30,34H,4-5,14,17H2,(H,31,32,33). The molecule has 7 heteroatoms. The number of ether oxygens (including phenoxy) is 1. The number of hydrogen-bond donors (Lipinski definition) is 3. The van der Waals surface area contributed by atoms with Crippen LogP contribution in [0.15, 0.2) is 73.1 Å². The molecule has 0 spiro atoms. The number of halogens is 1. The molecular formula is C28H25ClN4O2. The summed E-state index contributed by atoms with van der Waals surface area (Å²) in [4.78, 5) is 8.80. The second-order valence-electron chi connectivity index (χ2n) is 8.46. The Bertz CT molecular complexity index is 1380. The summed E-state index contributed by atoms with van der Waals surface area (Å²) in [5.74, 6) is 8.22. The molecule has 6 nitrogen and oxygen atoms in total. The molecule has 176 valence electrons. The Kier molecular flexibility index (Phi) is 7.10. The maximum Gasteiger partial charge on any atom is 0.146 e. The van der Waals surface area contributed by atoms with Crippen molar-refractivity contribution in [1.29, 1.82) is 0 Å². The van der Waals surface area contributed by atoms with Crippen LogP contribution < -0.4 is 15.4 Å². The van der Waals surface area contributed by atoms with Gasteiger partial charge in [-0.15, -0.1) is 0 Å². The highest BCUT2D eigenvalue weighted by Crippen LogP contribution is 2.33. The normalized spacial score (nSPS) is 16.2. The number of aliphatic hydroxyl groups is 1. The van der Waals surface area contributed by atoms with Crippen LogP contribution in [0, 0.1) is 17.8 Å². The third-order valence-electron chi connectivity index (χ3n) is 5.95. The Labute approximate surface area is 209 Å². The molecular weight excluding hydrogens is 460 g/mol. The number of rotatable bonds is 5. The van der Waals surface area contributed by atoms with Crippen LogP contribution in [0.3, 0.4) is 0 Å². The number of nitrogens with zero attached hydrogens (tertiary/aromatic N) is 2. The Balaban J connectivity index is 1.36. The molecule has 4 aromatic rings. The molecule has 2 unspecified atom stereocenters. The summed E-state index contributed by atoms with van der Waals surface area (Å²) in [6.45, 7) is 1.80. The van der Waals surface area contributed by atoms with Crippen LogP contribution in [-0.2, 0) is 0 Å². The van der Waals surface area contributed by atoms with E-state index in [0.29, 0.717) is 16.6 Å². The molecule has 0 amide bonds. The number of aliphatic hydroxyl groups excluding tert-OH is 1. The lowest BCUT2D eigenvalue weighted by atomic mass is 9.94. The Hall–Kier alpha value is -3.63. The molecule has 1 saturated heterocycles. The maximum absolute atomic E-state index is 10.5. The van der Waals surface area contributed by atoms with Crippen molar-refractivity contribution in [2.75, 3.05) is 18.4 Å². The van der Waals surface area contributed by atoms with Crippen molar-refractivity contribution in [1.82, 2.24) is 15.3 Å². The number of anilines is 2. The lowest BCUT2D eigenvalue weighted by Gasteiger charge is -2.24. The lowest BCUT2D eigenvalue weighted by Crippen LogP contribution is -2.36. The summed E-state index contributed by atoms with van der Waals surface area (Å²) < 4.78 is 5.87. The van der Waals surface area contributed by atoms with E-state index in [0.717, 1.165) is 53.8 Å². The molecule has 0 bridgehead atoms. The summed E-state index contributed by atoms with van der Waals surface area (Å²) in [5, 5.41) is 18.4. The SMILES string of the molecule is OC(C#Cc1ccc2ncnc(Nc3ccc(Oc4ccccc4)c(Cl)c3)c2c1)C1CCCNC1. The third kappa shape index (κ3) is 5.72. The van der Waals surface area contributed by atoms with E-state index in [2.05, 4.69) is 32.4 Å². The number of benzene rings is 3. The first-order valence-electron chi connectivity index (χ1n) is 11.6. The molecule has 3 aromatic carbocycles. The van der Waals surface area contributed by atoms with Gasteiger partial charge >= 0.3 is 0 Å². The largest absolute Gasteiger partial charge is 0.456 e. The fraction of sp³-hybridized carbons (Fsp3) is 0.214. The van der Waals surface area contributed by atoms with Crippen molar-refractivity contribution in [3.8, 4) is 23.3 Å². The molecule has 35 heavy (non-hydrogen) atoms. The highest BCUT2D eigenvalue weighted by atomic mass is 35.5. The van der Waals surface area contributed by atoms with Crippen LogP contribution in [0.25, 0.3) is 10.9 Å². The lowest BCUT2D eigenvalue weighted by molar-refractivity contribution is 0.141. The summed E-state index contributed by atoms with van der Waals surface area (Å²) in [5.41, 5.74) is 2.36. The second-order valence-corrected chi connectivity index (χ2v) is 8.87. The molecule has 0 aliphatic carbocycles. The number of fused-ring (bicyclic) bond motifs is 1. The number of hydrogen-bond acceptors (Lipinski definition) is 6. The van der Waals surface area contributed by atoms with Crippen molar-refractivity contribution in [3.05, 3.63) is 83.6 Å². The molecule has 0 radical (unpaired) electrons. The first-order valence-corrected chi connectivity index (χ1v) is 12.0.